The van der Waals surface area contributed by atoms with E-state index in [1.165, 1.54) is 257 Å². The molecule has 0 fully saturated rings. The minimum absolute atomic E-state index is 0.186. The maximum Gasteiger partial charge on any atom is 0.508 e. The maximum atomic E-state index is 13.4. The standard InChI is InChI=1S/C85H164N2O7/c1-9-13-17-53-65-79(88)69-57-45-37-29-21-25-33-41-49-61-77(62-50-42-34-26-22-30-38-46-58-70-80(89)66-54-18-14-10-2)83(86(5)6)73-75-93-85(92)94-76-74-84(87(7)8)78(63-51-43-35-27-23-31-39-47-59-71-81(90)67-55-19-15-11-3)64-52-44-36-28-24-32-40-48-60-72-82(91)68-56-20-16-12-4/h45-48,57-60,77-84,88-91H,9-44,49-56,61-76H2,1-8H3/b57-45-,58-46-,59-47-,60-48-/t79-,80-,81-,82-,83?,84?/m1/s1. The minimum Gasteiger partial charge on any atom is -0.434 e. The second-order valence-corrected chi connectivity index (χ2v) is 29.7. The second-order valence-electron chi connectivity index (χ2n) is 29.7. The van der Waals surface area contributed by atoms with Crippen molar-refractivity contribution in [2.75, 3.05) is 41.4 Å². The van der Waals surface area contributed by atoms with Gasteiger partial charge in [-0.05, 0) is 181 Å². The second kappa shape index (κ2) is 72.2. The van der Waals surface area contributed by atoms with Crippen molar-refractivity contribution in [3.8, 4) is 0 Å². The first-order valence-corrected chi connectivity index (χ1v) is 41.3. The molecule has 0 aromatic carbocycles. The molecular weight excluding hydrogens is 1160 g/mol. The molecule has 0 aromatic rings. The van der Waals surface area contributed by atoms with Crippen LogP contribution in [0.2, 0.25) is 0 Å². The summed E-state index contributed by atoms with van der Waals surface area (Å²) in [5.74, 6) is 1.14. The zero-order valence-corrected chi connectivity index (χ0v) is 64.1. The summed E-state index contributed by atoms with van der Waals surface area (Å²) < 4.78 is 11.9. The highest BCUT2D eigenvalue weighted by atomic mass is 16.7. The molecule has 0 heterocycles. The first kappa shape index (κ1) is 92.0. The topological polar surface area (TPSA) is 123 Å². The van der Waals surface area contributed by atoms with Crippen LogP contribution in [0.25, 0.3) is 0 Å². The quantitative estimate of drug-likeness (QED) is 0.0268. The van der Waals surface area contributed by atoms with E-state index in [0.29, 0.717) is 37.1 Å². The summed E-state index contributed by atoms with van der Waals surface area (Å²) in [6.07, 6.45) is 84.6. The number of ether oxygens (including phenoxy) is 2. The van der Waals surface area contributed by atoms with Gasteiger partial charge in [0.1, 0.15) is 0 Å². The van der Waals surface area contributed by atoms with E-state index in [-0.39, 0.29) is 24.4 Å². The number of nitrogens with zero attached hydrogens (tertiary/aromatic N) is 2. The summed E-state index contributed by atoms with van der Waals surface area (Å²) in [5.41, 5.74) is 0. The average Bonchev–Trinajstić information content (AvgIpc) is 2.55. The normalized spacial score (nSPS) is 14.4. The van der Waals surface area contributed by atoms with Gasteiger partial charge in [-0.25, -0.2) is 4.79 Å². The van der Waals surface area contributed by atoms with Gasteiger partial charge >= 0.3 is 6.16 Å². The molecule has 0 aliphatic heterocycles. The lowest BCUT2D eigenvalue weighted by atomic mass is 9.86. The fourth-order valence-electron chi connectivity index (χ4n) is 14.1. The molecule has 556 valence electrons. The monoisotopic (exact) mass is 1330 g/mol. The number of carbonyl (C=O) groups excluding carboxylic acids is 1. The van der Waals surface area contributed by atoms with Crippen LogP contribution in [0.3, 0.4) is 0 Å². The maximum absolute atomic E-state index is 13.4. The fourth-order valence-corrected chi connectivity index (χ4v) is 14.1. The molecule has 94 heavy (non-hydrogen) atoms. The first-order chi connectivity index (χ1) is 45.9. The van der Waals surface area contributed by atoms with Gasteiger partial charge in [0.15, 0.2) is 0 Å². The van der Waals surface area contributed by atoms with Gasteiger partial charge in [-0.3, -0.25) is 0 Å². The first-order valence-electron chi connectivity index (χ1n) is 41.3. The molecule has 4 N–H and O–H groups in total. The van der Waals surface area contributed by atoms with Crippen LogP contribution in [0.1, 0.15) is 400 Å². The Bertz CT molecular complexity index is 1440. The molecule has 0 bridgehead atoms. The van der Waals surface area contributed by atoms with E-state index >= 15 is 0 Å². The molecule has 0 amide bonds. The van der Waals surface area contributed by atoms with E-state index in [2.05, 4.69) is 114 Å². The summed E-state index contributed by atoms with van der Waals surface area (Å²) in [7, 11) is 8.88. The van der Waals surface area contributed by atoms with Crippen molar-refractivity contribution in [2.45, 2.75) is 437 Å². The lowest BCUT2D eigenvalue weighted by molar-refractivity contribution is 0.0366. The molecule has 0 spiro atoms. The van der Waals surface area contributed by atoms with Gasteiger partial charge in [0, 0.05) is 12.1 Å². The van der Waals surface area contributed by atoms with E-state index in [4.69, 9.17) is 9.47 Å². The number of allylic oxidation sites excluding steroid dienone is 4. The van der Waals surface area contributed by atoms with Crippen molar-refractivity contribution in [3.63, 3.8) is 0 Å². The van der Waals surface area contributed by atoms with Gasteiger partial charge in [-0.2, -0.15) is 0 Å². The van der Waals surface area contributed by atoms with E-state index in [1.54, 1.807) is 0 Å². The van der Waals surface area contributed by atoms with Crippen LogP contribution < -0.4 is 0 Å². The van der Waals surface area contributed by atoms with Crippen LogP contribution in [0.5, 0.6) is 0 Å². The Morgan fingerprint density at radius 2 is 0.479 bits per heavy atom. The molecule has 0 aliphatic carbocycles. The molecule has 9 heteroatoms. The average molecular weight is 1330 g/mol. The molecule has 0 saturated carbocycles. The van der Waals surface area contributed by atoms with Crippen LogP contribution in [0, 0.1) is 11.8 Å². The van der Waals surface area contributed by atoms with Crippen molar-refractivity contribution in [2.24, 2.45) is 11.8 Å². The van der Waals surface area contributed by atoms with Crippen molar-refractivity contribution < 1.29 is 34.7 Å². The van der Waals surface area contributed by atoms with Crippen LogP contribution >= 0.6 is 0 Å². The molecule has 0 rings (SSSR count). The SMILES string of the molecule is CCCCCC[C@@H](O)C/C=C\CCCCCCCCC(CCCCCCCC/C=C\C[C@H](O)CCCCCC)C(CCOC(=O)OCCC(C(CCCCCCCC/C=C\C[C@H](O)CCCCCC)CCCCCCCC/C=C\C[C@H](O)CCCCCC)N(C)C)N(C)C. The van der Waals surface area contributed by atoms with E-state index in [9.17, 15) is 25.2 Å². The Morgan fingerprint density at radius 1 is 0.277 bits per heavy atom. The van der Waals surface area contributed by atoms with Gasteiger partial charge in [0.25, 0.3) is 0 Å². The Morgan fingerprint density at radius 3 is 0.702 bits per heavy atom. The molecule has 2 unspecified atom stereocenters. The molecule has 0 radical (unpaired) electrons. The Labute approximate surface area is 586 Å². The molecular formula is C85H164N2O7. The third-order valence-electron chi connectivity index (χ3n) is 20.3. The highest BCUT2D eigenvalue weighted by molar-refractivity contribution is 5.59. The molecule has 0 saturated heterocycles. The van der Waals surface area contributed by atoms with E-state index in [0.717, 1.165) is 116 Å². The van der Waals surface area contributed by atoms with Crippen molar-refractivity contribution in [3.05, 3.63) is 48.6 Å². The summed E-state index contributed by atoms with van der Waals surface area (Å²) in [4.78, 5) is 18.2. The van der Waals surface area contributed by atoms with Gasteiger partial charge in [-0.1, -0.05) is 307 Å². The van der Waals surface area contributed by atoms with Crippen LogP contribution in [0.4, 0.5) is 4.79 Å². The van der Waals surface area contributed by atoms with Gasteiger partial charge in [-0.15, -0.1) is 0 Å². The summed E-state index contributed by atoms with van der Waals surface area (Å²) >= 11 is 0. The van der Waals surface area contributed by atoms with Crippen molar-refractivity contribution >= 4 is 6.16 Å². The number of hydrogen-bond acceptors (Lipinski definition) is 9. The highest BCUT2D eigenvalue weighted by Gasteiger charge is 2.26. The third-order valence-corrected chi connectivity index (χ3v) is 20.3. The molecule has 6 atom stereocenters. The van der Waals surface area contributed by atoms with Gasteiger partial charge < -0.3 is 39.7 Å². The lowest BCUT2D eigenvalue weighted by Gasteiger charge is -2.33. The van der Waals surface area contributed by atoms with Gasteiger partial charge in [0.05, 0.1) is 37.6 Å². The summed E-state index contributed by atoms with van der Waals surface area (Å²) in [5, 5.41) is 41.3. The summed E-state index contributed by atoms with van der Waals surface area (Å²) in [6, 6.07) is 0.704. The molecule has 9 nitrogen and oxygen atoms in total. The van der Waals surface area contributed by atoms with Crippen molar-refractivity contribution in [1.29, 1.82) is 0 Å². The largest absolute Gasteiger partial charge is 0.508 e. The van der Waals surface area contributed by atoms with Gasteiger partial charge in [0.2, 0.25) is 0 Å². The fraction of sp³-hybridized carbons (Fsp3) is 0.894. The number of unbranched alkanes of at least 4 members (excludes halogenated alkanes) is 36. The van der Waals surface area contributed by atoms with Crippen LogP contribution in [0.15, 0.2) is 48.6 Å². The summed E-state index contributed by atoms with van der Waals surface area (Å²) in [6.45, 7) is 9.71. The zero-order valence-electron chi connectivity index (χ0n) is 64.1. The number of aliphatic hydroxyl groups excluding tert-OH is 4. The predicted molar refractivity (Wildman–Crippen MR) is 410 cm³/mol. The number of carbonyl (C=O) groups is 1. The Balaban J connectivity index is 5.41. The molecule has 0 aromatic heterocycles. The van der Waals surface area contributed by atoms with Crippen molar-refractivity contribution in [1.82, 2.24) is 9.80 Å². The lowest BCUT2D eigenvalue weighted by Crippen LogP contribution is -2.37. The Kier molecular flexibility index (Phi) is 70.7. The number of hydrogen-bond donors (Lipinski definition) is 4. The number of aliphatic hydroxyl groups is 4. The van der Waals surface area contributed by atoms with E-state index in [1.807, 2.05) is 0 Å². The van der Waals surface area contributed by atoms with E-state index < -0.39 is 6.16 Å². The number of rotatable bonds is 74. The smallest absolute Gasteiger partial charge is 0.434 e. The highest BCUT2D eigenvalue weighted by Crippen LogP contribution is 2.29. The predicted octanol–water partition coefficient (Wildman–Crippen LogP) is 24.6. The third kappa shape index (κ3) is 63.4. The van der Waals surface area contributed by atoms with Crippen LogP contribution in [-0.2, 0) is 9.47 Å². The molecule has 0 aliphatic rings. The minimum atomic E-state index is -0.517. The van der Waals surface area contributed by atoms with Crippen LogP contribution in [-0.4, -0.2) is 114 Å². The zero-order chi connectivity index (χ0) is 68.8. The Hall–Kier alpha value is -2.01.